The molecule has 0 aliphatic carbocycles. The summed E-state index contributed by atoms with van der Waals surface area (Å²) in [5.41, 5.74) is 5.81. The van der Waals surface area contributed by atoms with Crippen LogP contribution < -0.4 is 4.90 Å². The lowest BCUT2D eigenvalue weighted by Crippen LogP contribution is -2.55. The molecule has 3 rings (SSSR count). The molecule has 1 heterocycles. The minimum Gasteiger partial charge on any atom is -0.366 e. The molecule has 29 heavy (non-hydrogen) atoms. The first-order chi connectivity index (χ1) is 13.2. The van der Waals surface area contributed by atoms with E-state index in [1.54, 1.807) is 0 Å². The van der Waals surface area contributed by atoms with E-state index in [9.17, 15) is 0 Å². The normalized spacial score (nSPS) is 16.8. The number of fused-ring (bicyclic) bond motifs is 1. The molecule has 0 aromatic heterocycles. The Bertz CT molecular complexity index is 876. The number of nitrogens with zero attached hydrogens (tertiary/aromatic N) is 1. The highest BCUT2D eigenvalue weighted by atomic mass is 35.5. The SMILES string of the molecule is CC(C)(C)N1CC(C(C)(C)C)(C(C)(C)C)c2cc(Cc3ccccc3Cl)ccc21. The number of rotatable bonds is 2. The van der Waals surface area contributed by atoms with Crippen LogP contribution in [0, 0.1) is 10.8 Å². The van der Waals surface area contributed by atoms with Gasteiger partial charge in [0.2, 0.25) is 0 Å². The van der Waals surface area contributed by atoms with E-state index >= 15 is 0 Å². The van der Waals surface area contributed by atoms with Crippen molar-refractivity contribution in [3.63, 3.8) is 0 Å². The fourth-order valence-corrected chi connectivity index (χ4v) is 5.75. The number of benzene rings is 2. The third-order valence-electron chi connectivity index (χ3n) is 6.93. The van der Waals surface area contributed by atoms with Gasteiger partial charge in [0, 0.05) is 28.2 Å². The molecule has 2 aromatic rings. The fraction of sp³-hybridized carbons (Fsp3) is 0.556. The van der Waals surface area contributed by atoms with E-state index in [1.165, 1.54) is 22.4 Å². The van der Waals surface area contributed by atoms with E-state index in [4.69, 9.17) is 11.6 Å². The minimum absolute atomic E-state index is 0.0547. The third kappa shape index (κ3) is 3.72. The van der Waals surface area contributed by atoms with Gasteiger partial charge in [0.15, 0.2) is 0 Å². The maximum Gasteiger partial charge on any atom is 0.0441 e. The Morgan fingerprint density at radius 3 is 1.97 bits per heavy atom. The number of hydrogen-bond donors (Lipinski definition) is 0. The van der Waals surface area contributed by atoms with Crippen molar-refractivity contribution in [2.24, 2.45) is 10.8 Å². The summed E-state index contributed by atoms with van der Waals surface area (Å²) < 4.78 is 0. The lowest BCUT2D eigenvalue weighted by Gasteiger charge is -2.53. The van der Waals surface area contributed by atoms with Crippen molar-refractivity contribution in [3.05, 3.63) is 64.2 Å². The van der Waals surface area contributed by atoms with Gasteiger partial charge in [-0.3, -0.25) is 0 Å². The van der Waals surface area contributed by atoms with E-state index in [1.807, 2.05) is 12.1 Å². The van der Waals surface area contributed by atoms with Gasteiger partial charge in [-0.1, -0.05) is 83.5 Å². The van der Waals surface area contributed by atoms with Crippen LogP contribution in [0.2, 0.25) is 5.02 Å². The predicted molar refractivity (Wildman–Crippen MR) is 128 cm³/mol. The summed E-state index contributed by atoms with van der Waals surface area (Å²) in [6.07, 6.45) is 0.868. The van der Waals surface area contributed by atoms with Gasteiger partial charge in [0.25, 0.3) is 0 Å². The molecule has 0 radical (unpaired) electrons. The summed E-state index contributed by atoms with van der Waals surface area (Å²) in [5, 5.41) is 0.849. The van der Waals surface area contributed by atoms with Crippen molar-refractivity contribution >= 4 is 17.3 Å². The van der Waals surface area contributed by atoms with E-state index in [2.05, 4.69) is 97.5 Å². The Morgan fingerprint density at radius 2 is 1.45 bits per heavy atom. The fourth-order valence-electron chi connectivity index (χ4n) is 5.55. The monoisotopic (exact) mass is 411 g/mol. The molecule has 0 fully saturated rings. The third-order valence-corrected chi connectivity index (χ3v) is 7.30. The van der Waals surface area contributed by atoms with Crippen LogP contribution in [0.3, 0.4) is 0 Å². The van der Waals surface area contributed by atoms with E-state index in [0.717, 1.165) is 18.0 Å². The van der Waals surface area contributed by atoms with Gasteiger partial charge in [-0.15, -0.1) is 0 Å². The van der Waals surface area contributed by atoms with Crippen LogP contribution in [0.1, 0.15) is 79.0 Å². The highest BCUT2D eigenvalue weighted by Crippen LogP contribution is 2.60. The van der Waals surface area contributed by atoms with Gasteiger partial charge >= 0.3 is 0 Å². The summed E-state index contributed by atoms with van der Waals surface area (Å²) >= 11 is 6.47. The molecule has 1 aliphatic heterocycles. The largest absolute Gasteiger partial charge is 0.366 e. The first kappa shape index (κ1) is 22.2. The Kier molecular flexibility index (Phi) is 5.40. The Balaban J connectivity index is 2.21. The number of hydrogen-bond acceptors (Lipinski definition) is 1. The molecular formula is C27H38ClN. The van der Waals surface area contributed by atoms with Crippen LogP contribution >= 0.6 is 11.6 Å². The zero-order chi connectivity index (χ0) is 21.8. The molecule has 0 saturated heterocycles. The van der Waals surface area contributed by atoms with Crippen molar-refractivity contribution in [2.75, 3.05) is 11.4 Å². The summed E-state index contributed by atoms with van der Waals surface area (Å²) in [6, 6.07) is 15.3. The molecule has 1 nitrogen and oxygen atoms in total. The summed E-state index contributed by atoms with van der Waals surface area (Å²) in [4.78, 5) is 2.62. The lowest BCUT2D eigenvalue weighted by molar-refractivity contribution is 0.0635. The van der Waals surface area contributed by atoms with Crippen LogP contribution in [-0.2, 0) is 11.8 Å². The molecule has 0 unspecified atom stereocenters. The zero-order valence-electron chi connectivity index (χ0n) is 19.8. The van der Waals surface area contributed by atoms with Crippen LogP contribution in [0.5, 0.6) is 0 Å². The van der Waals surface area contributed by atoms with Gasteiger partial charge < -0.3 is 4.90 Å². The van der Waals surface area contributed by atoms with Crippen molar-refractivity contribution in [2.45, 2.75) is 79.7 Å². The lowest BCUT2D eigenvalue weighted by atomic mass is 9.52. The van der Waals surface area contributed by atoms with Crippen LogP contribution in [-0.4, -0.2) is 12.1 Å². The summed E-state index contributed by atoms with van der Waals surface area (Å²) in [5.74, 6) is 0. The molecule has 2 aromatic carbocycles. The number of anilines is 1. The molecule has 1 aliphatic rings. The predicted octanol–water partition coefficient (Wildman–Crippen LogP) is 7.88. The molecule has 0 saturated carbocycles. The number of halogens is 1. The topological polar surface area (TPSA) is 3.24 Å². The van der Waals surface area contributed by atoms with Crippen molar-refractivity contribution in [1.29, 1.82) is 0 Å². The Labute approximate surface area is 183 Å². The first-order valence-corrected chi connectivity index (χ1v) is 11.2. The van der Waals surface area contributed by atoms with E-state index in [0.29, 0.717) is 0 Å². The van der Waals surface area contributed by atoms with Gasteiger partial charge in [-0.2, -0.15) is 0 Å². The smallest absolute Gasteiger partial charge is 0.0441 e. The highest BCUT2D eigenvalue weighted by molar-refractivity contribution is 6.31. The molecule has 158 valence electrons. The highest BCUT2D eigenvalue weighted by Gasteiger charge is 2.58. The van der Waals surface area contributed by atoms with Gasteiger partial charge in [0.1, 0.15) is 0 Å². The van der Waals surface area contributed by atoms with Crippen LogP contribution in [0.25, 0.3) is 0 Å². The average molecular weight is 412 g/mol. The molecule has 0 amide bonds. The van der Waals surface area contributed by atoms with Crippen molar-refractivity contribution in [3.8, 4) is 0 Å². The average Bonchev–Trinajstić information content (AvgIpc) is 2.92. The second-order valence-corrected chi connectivity index (χ2v) is 12.2. The van der Waals surface area contributed by atoms with Gasteiger partial charge in [-0.05, 0) is 66.8 Å². The molecule has 0 atom stereocenters. The molecule has 0 spiro atoms. The van der Waals surface area contributed by atoms with Crippen molar-refractivity contribution < 1.29 is 0 Å². The summed E-state index contributed by atoms with van der Waals surface area (Å²) in [6.45, 7) is 22.5. The summed E-state index contributed by atoms with van der Waals surface area (Å²) in [7, 11) is 0. The maximum absolute atomic E-state index is 6.47. The van der Waals surface area contributed by atoms with Crippen LogP contribution in [0.4, 0.5) is 5.69 Å². The molecular weight excluding hydrogens is 374 g/mol. The van der Waals surface area contributed by atoms with E-state index in [-0.39, 0.29) is 21.8 Å². The second kappa shape index (κ2) is 7.05. The molecule has 2 heteroatoms. The zero-order valence-corrected chi connectivity index (χ0v) is 20.5. The van der Waals surface area contributed by atoms with Crippen molar-refractivity contribution in [1.82, 2.24) is 0 Å². The van der Waals surface area contributed by atoms with Gasteiger partial charge in [0.05, 0.1) is 0 Å². The molecule has 0 N–H and O–H groups in total. The Morgan fingerprint density at radius 1 is 0.862 bits per heavy atom. The quantitative estimate of drug-likeness (QED) is 0.485. The standard InChI is InChI=1S/C27H38ClN/c1-24(2,3)27(25(4,5)6)18-29(26(7,8)9)23-15-14-19(17-21(23)27)16-20-12-10-11-13-22(20)28/h10-15,17H,16,18H2,1-9H3. The van der Waals surface area contributed by atoms with Crippen LogP contribution in [0.15, 0.2) is 42.5 Å². The second-order valence-electron chi connectivity index (χ2n) is 11.8. The molecule has 0 bridgehead atoms. The van der Waals surface area contributed by atoms with E-state index < -0.39 is 0 Å². The Hall–Kier alpha value is -1.47. The minimum atomic E-state index is 0.0547. The maximum atomic E-state index is 6.47. The first-order valence-electron chi connectivity index (χ1n) is 10.8. The van der Waals surface area contributed by atoms with Gasteiger partial charge in [-0.25, -0.2) is 0 Å².